The molecule has 0 spiro atoms. The number of aryl methyl sites for hydroxylation is 1. The number of carboxylic acids is 1. The van der Waals surface area contributed by atoms with Crippen molar-refractivity contribution >= 4 is 17.6 Å². The molecule has 0 aliphatic carbocycles. The van der Waals surface area contributed by atoms with Crippen LogP contribution in [0.15, 0.2) is 23.0 Å². The van der Waals surface area contributed by atoms with Gasteiger partial charge in [-0.3, -0.25) is 4.57 Å². The summed E-state index contributed by atoms with van der Waals surface area (Å²) in [6.07, 6.45) is 1.66. The number of carbonyl (C=O) groups is 1. The molecule has 0 radical (unpaired) electrons. The van der Waals surface area contributed by atoms with Gasteiger partial charge in [0.15, 0.2) is 0 Å². The standard InChI is InChI=1S/C14H13ClFN3O3/c15-9-6-8(4-5-10(9)16)7-18-14(22)19-11(13(20)21)2-1-3-12(19)17-18/h4-6,11H,1-3,7H2,(H,20,21). The first-order chi connectivity index (χ1) is 10.5. The van der Waals surface area contributed by atoms with Crippen LogP contribution in [-0.4, -0.2) is 25.4 Å². The fraction of sp³-hybridized carbons (Fsp3) is 0.357. The molecule has 0 saturated heterocycles. The zero-order valence-electron chi connectivity index (χ0n) is 11.5. The Labute approximate surface area is 129 Å². The molecule has 1 unspecified atom stereocenters. The highest BCUT2D eigenvalue weighted by atomic mass is 35.5. The van der Waals surface area contributed by atoms with Crippen LogP contribution >= 0.6 is 11.6 Å². The van der Waals surface area contributed by atoms with Crippen molar-refractivity contribution < 1.29 is 14.3 Å². The minimum atomic E-state index is -1.03. The summed E-state index contributed by atoms with van der Waals surface area (Å²) >= 11 is 5.72. The van der Waals surface area contributed by atoms with E-state index in [0.717, 1.165) is 0 Å². The number of rotatable bonds is 3. The van der Waals surface area contributed by atoms with Crippen molar-refractivity contribution in [2.24, 2.45) is 0 Å². The van der Waals surface area contributed by atoms with Crippen LogP contribution in [-0.2, 0) is 17.8 Å². The second-order valence-electron chi connectivity index (χ2n) is 5.22. The molecule has 0 bridgehead atoms. The van der Waals surface area contributed by atoms with Crippen molar-refractivity contribution in [3.63, 3.8) is 0 Å². The minimum absolute atomic E-state index is 0.0297. The molecular weight excluding hydrogens is 313 g/mol. The van der Waals surface area contributed by atoms with Crippen LogP contribution in [0.2, 0.25) is 5.02 Å². The summed E-state index contributed by atoms with van der Waals surface area (Å²) in [6, 6.07) is 3.29. The third kappa shape index (κ3) is 2.52. The van der Waals surface area contributed by atoms with Crippen LogP contribution in [0.1, 0.15) is 30.3 Å². The average molecular weight is 326 g/mol. The van der Waals surface area contributed by atoms with Crippen molar-refractivity contribution in [3.8, 4) is 0 Å². The summed E-state index contributed by atoms with van der Waals surface area (Å²) in [4.78, 5) is 23.6. The smallest absolute Gasteiger partial charge is 0.347 e. The topological polar surface area (TPSA) is 77.1 Å². The van der Waals surface area contributed by atoms with Gasteiger partial charge in [-0.1, -0.05) is 17.7 Å². The monoisotopic (exact) mass is 325 g/mol. The number of benzene rings is 1. The first-order valence-corrected chi connectivity index (χ1v) is 7.20. The van der Waals surface area contributed by atoms with Gasteiger partial charge in [0, 0.05) is 6.42 Å². The molecule has 6 nitrogen and oxygen atoms in total. The van der Waals surface area contributed by atoms with E-state index in [4.69, 9.17) is 11.6 Å². The molecule has 1 aromatic heterocycles. The summed E-state index contributed by atoms with van der Waals surface area (Å²) in [5.41, 5.74) is 0.151. The molecule has 3 rings (SSSR count). The summed E-state index contributed by atoms with van der Waals surface area (Å²) < 4.78 is 15.6. The molecule has 1 N–H and O–H groups in total. The molecule has 1 aliphatic rings. The van der Waals surface area contributed by atoms with Gasteiger partial charge in [-0.15, -0.1) is 0 Å². The zero-order valence-corrected chi connectivity index (χ0v) is 12.3. The Bertz CT molecular complexity index is 799. The maximum atomic E-state index is 13.2. The SMILES string of the molecule is O=C(O)C1CCCc2nn(Cc3ccc(F)c(Cl)c3)c(=O)n21. The van der Waals surface area contributed by atoms with Crippen LogP contribution in [0, 0.1) is 5.82 Å². The molecule has 2 heterocycles. The Morgan fingerprint density at radius 3 is 2.95 bits per heavy atom. The van der Waals surface area contributed by atoms with Crippen LogP contribution < -0.4 is 5.69 Å². The molecule has 22 heavy (non-hydrogen) atoms. The van der Waals surface area contributed by atoms with Crippen molar-refractivity contribution in [1.29, 1.82) is 0 Å². The van der Waals surface area contributed by atoms with E-state index in [9.17, 15) is 19.1 Å². The predicted molar refractivity (Wildman–Crippen MR) is 76.6 cm³/mol. The molecule has 2 aromatic rings. The Balaban J connectivity index is 1.97. The lowest BCUT2D eigenvalue weighted by molar-refractivity contribution is -0.141. The fourth-order valence-corrected chi connectivity index (χ4v) is 2.88. The van der Waals surface area contributed by atoms with Gasteiger partial charge in [-0.25, -0.2) is 18.7 Å². The lowest BCUT2D eigenvalue weighted by atomic mass is 10.1. The third-order valence-electron chi connectivity index (χ3n) is 3.73. The zero-order chi connectivity index (χ0) is 15.9. The molecule has 0 fully saturated rings. The maximum Gasteiger partial charge on any atom is 0.347 e. The summed E-state index contributed by atoms with van der Waals surface area (Å²) in [7, 11) is 0. The molecule has 0 amide bonds. The van der Waals surface area contributed by atoms with E-state index in [2.05, 4.69) is 5.10 Å². The second kappa shape index (κ2) is 5.57. The van der Waals surface area contributed by atoms with E-state index < -0.39 is 23.5 Å². The number of halogens is 2. The van der Waals surface area contributed by atoms with Gasteiger partial charge in [-0.05, 0) is 30.5 Å². The van der Waals surface area contributed by atoms with Gasteiger partial charge in [-0.2, -0.15) is 5.10 Å². The van der Waals surface area contributed by atoms with Gasteiger partial charge in [0.05, 0.1) is 11.6 Å². The highest BCUT2D eigenvalue weighted by Crippen LogP contribution is 2.22. The summed E-state index contributed by atoms with van der Waals surface area (Å²) in [5, 5.41) is 13.4. The average Bonchev–Trinajstić information content (AvgIpc) is 2.79. The van der Waals surface area contributed by atoms with Gasteiger partial charge >= 0.3 is 11.7 Å². The number of aliphatic carboxylic acids is 1. The number of aromatic nitrogens is 3. The Morgan fingerprint density at radius 1 is 1.50 bits per heavy atom. The van der Waals surface area contributed by atoms with E-state index >= 15 is 0 Å². The van der Waals surface area contributed by atoms with Crippen LogP contribution in [0.25, 0.3) is 0 Å². The second-order valence-corrected chi connectivity index (χ2v) is 5.63. The number of hydrogen-bond donors (Lipinski definition) is 1. The van der Waals surface area contributed by atoms with E-state index in [1.54, 1.807) is 0 Å². The predicted octanol–water partition coefficient (Wildman–Crippen LogP) is 1.85. The van der Waals surface area contributed by atoms with Crippen LogP contribution in [0.3, 0.4) is 0 Å². The van der Waals surface area contributed by atoms with Crippen LogP contribution in [0.5, 0.6) is 0 Å². The normalized spacial score (nSPS) is 17.3. The summed E-state index contributed by atoms with van der Waals surface area (Å²) in [5.74, 6) is -1.10. The van der Waals surface area contributed by atoms with Crippen molar-refractivity contribution in [2.45, 2.75) is 31.8 Å². The Kier molecular flexibility index (Phi) is 3.74. The first-order valence-electron chi connectivity index (χ1n) is 6.82. The molecule has 1 atom stereocenters. The van der Waals surface area contributed by atoms with Crippen molar-refractivity contribution in [3.05, 3.63) is 50.9 Å². The largest absolute Gasteiger partial charge is 0.480 e. The maximum absolute atomic E-state index is 13.2. The molecular formula is C14H13ClFN3O3. The Hall–Kier alpha value is -2.15. The number of fused-ring (bicyclic) bond motifs is 1. The third-order valence-corrected chi connectivity index (χ3v) is 4.02. The number of hydrogen-bond acceptors (Lipinski definition) is 3. The van der Waals surface area contributed by atoms with Crippen LogP contribution in [0.4, 0.5) is 4.39 Å². The highest BCUT2D eigenvalue weighted by molar-refractivity contribution is 6.30. The lowest BCUT2D eigenvalue weighted by Crippen LogP contribution is -2.34. The summed E-state index contributed by atoms with van der Waals surface area (Å²) in [6.45, 7) is 0.116. The minimum Gasteiger partial charge on any atom is -0.480 e. The lowest BCUT2D eigenvalue weighted by Gasteiger charge is -2.19. The van der Waals surface area contributed by atoms with Gasteiger partial charge < -0.3 is 5.11 Å². The molecule has 1 aliphatic heterocycles. The van der Waals surface area contributed by atoms with Gasteiger partial charge in [0.1, 0.15) is 17.7 Å². The fourth-order valence-electron chi connectivity index (χ4n) is 2.68. The molecule has 116 valence electrons. The first kappa shape index (κ1) is 14.8. The van der Waals surface area contributed by atoms with Crippen molar-refractivity contribution in [2.75, 3.05) is 0 Å². The number of nitrogens with zero attached hydrogens (tertiary/aromatic N) is 3. The van der Waals surface area contributed by atoms with Gasteiger partial charge in [0.25, 0.3) is 0 Å². The van der Waals surface area contributed by atoms with E-state index in [1.165, 1.54) is 27.4 Å². The van der Waals surface area contributed by atoms with E-state index in [0.29, 0.717) is 30.7 Å². The van der Waals surface area contributed by atoms with Gasteiger partial charge in [0.2, 0.25) is 0 Å². The van der Waals surface area contributed by atoms with Crippen molar-refractivity contribution in [1.82, 2.24) is 14.3 Å². The molecule has 8 heteroatoms. The van der Waals surface area contributed by atoms with E-state index in [1.807, 2.05) is 0 Å². The molecule has 0 saturated carbocycles. The molecule has 1 aromatic carbocycles. The Morgan fingerprint density at radius 2 is 2.27 bits per heavy atom. The highest BCUT2D eigenvalue weighted by Gasteiger charge is 2.30. The van der Waals surface area contributed by atoms with E-state index in [-0.39, 0.29) is 11.6 Å². The quantitative estimate of drug-likeness (QED) is 0.934. The number of carboxylic acid groups (broad SMARTS) is 1.